The Morgan fingerprint density at radius 3 is 2.56 bits per heavy atom. The van der Waals surface area contributed by atoms with Crippen LogP contribution in [0.3, 0.4) is 0 Å². The SMILES string of the molecule is CCCC(N)CNS(=O)(=O)c1ccc(C)cc1C. The normalized spacial score (nSPS) is 13.6. The van der Waals surface area contributed by atoms with E-state index in [0.29, 0.717) is 4.90 Å². The topological polar surface area (TPSA) is 72.2 Å². The molecule has 0 saturated carbocycles. The maximum absolute atomic E-state index is 12.1. The number of benzene rings is 1. The zero-order chi connectivity index (χ0) is 13.8. The van der Waals surface area contributed by atoms with Crippen LogP contribution in [0.15, 0.2) is 23.1 Å². The highest BCUT2D eigenvalue weighted by Crippen LogP contribution is 2.16. The van der Waals surface area contributed by atoms with E-state index in [4.69, 9.17) is 5.73 Å². The number of hydrogen-bond acceptors (Lipinski definition) is 3. The molecule has 0 fully saturated rings. The molecule has 1 aromatic rings. The van der Waals surface area contributed by atoms with Gasteiger partial charge in [-0.15, -0.1) is 0 Å². The van der Waals surface area contributed by atoms with Gasteiger partial charge in [0.2, 0.25) is 10.0 Å². The van der Waals surface area contributed by atoms with Gasteiger partial charge in [0.05, 0.1) is 4.90 Å². The van der Waals surface area contributed by atoms with Crippen LogP contribution in [-0.4, -0.2) is 21.0 Å². The summed E-state index contributed by atoms with van der Waals surface area (Å²) >= 11 is 0. The fraction of sp³-hybridized carbons (Fsp3) is 0.538. The first-order chi connectivity index (χ1) is 8.36. The first-order valence-corrected chi connectivity index (χ1v) is 7.67. The monoisotopic (exact) mass is 270 g/mol. The molecule has 1 unspecified atom stereocenters. The van der Waals surface area contributed by atoms with E-state index >= 15 is 0 Å². The maximum atomic E-state index is 12.1. The summed E-state index contributed by atoms with van der Waals surface area (Å²) in [5, 5.41) is 0. The summed E-state index contributed by atoms with van der Waals surface area (Å²) in [7, 11) is -3.45. The van der Waals surface area contributed by atoms with Crippen molar-refractivity contribution in [2.45, 2.75) is 44.6 Å². The van der Waals surface area contributed by atoms with Gasteiger partial charge in [0.1, 0.15) is 0 Å². The third kappa shape index (κ3) is 4.08. The molecule has 4 nitrogen and oxygen atoms in total. The third-order valence-electron chi connectivity index (χ3n) is 2.81. The number of nitrogens with two attached hydrogens (primary N) is 1. The molecular weight excluding hydrogens is 248 g/mol. The molecule has 0 aliphatic carbocycles. The minimum atomic E-state index is -3.45. The summed E-state index contributed by atoms with van der Waals surface area (Å²) in [4.78, 5) is 0.330. The third-order valence-corrected chi connectivity index (χ3v) is 4.40. The van der Waals surface area contributed by atoms with Gasteiger partial charge in [-0.2, -0.15) is 0 Å². The van der Waals surface area contributed by atoms with Gasteiger partial charge in [0, 0.05) is 12.6 Å². The van der Waals surface area contributed by atoms with Crippen molar-refractivity contribution < 1.29 is 8.42 Å². The molecule has 1 atom stereocenters. The average Bonchev–Trinajstić information content (AvgIpc) is 2.26. The summed E-state index contributed by atoms with van der Waals surface area (Å²) in [6.07, 6.45) is 1.77. The van der Waals surface area contributed by atoms with Crippen molar-refractivity contribution in [3.05, 3.63) is 29.3 Å². The molecule has 0 bridgehead atoms. The van der Waals surface area contributed by atoms with Crippen LogP contribution in [0, 0.1) is 13.8 Å². The summed E-state index contributed by atoms with van der Waals surface area (Å²) < 4.78 is 26.8. The van der Waals surface area contributed by atoms with Crippen molar-refractivity contribution in [2.24, 2.45) is 5.73 Å². The molecule has 102 valence electrons. The van der Waals surface area contributed by atoms with E-state index in [9.17, 15) is 8.42 Å². The van der Waals surface area contributed by atoms with Crippen molar-refractivity contribution in [3.8, 4) is 0 Å². The van der Waals surface area contributed by atoms with Crippen molar-refractivity contribution in [1.82, 2.24) is 4.72 Å². The Balaban J connectivity index is 2.80. The van der Waals surface area contributed by atoms with E-state index < -0.39 is 10.0 Å². The van der Waals surface area contributed by atoms with E-state index in [1.165, 1.54) is 0 Å². The highest BCUT2D eigenvalue weighted by Gasteiger charge is 2.17. The van der Waals surface area contributed by atoms with Crippen LogP contribution >= 0.6 is 0 Å². The Labute approximate surface area is 110 Å². The minimum Gasteiger partial charge on any atom is -0.327 e. The lowest BCUT2D eigenvalue weighted by molar-refractivity contribution is 0.552. The van der Waals surface area contributed by atoms with Crippen LogP contribution in [0.1, 0.15) is 30.9 Å². The van der Waals surface area contributed by atoms with Gasteiger partial charge in [0.25, 0.3) is 0 Å². The summed E-state index contributed by atoms with van der Waals surface area (Å²) in [6.45, 7) is 6.05. The first-order valence-electron chi connectivity index (χ1n) is 6.19. The van der Waals surface area contributed by atoms with Gasteiger partial charge in [-0.25, -0.2) is 13.1 Å². The lowest BCUT2D eigenvalue weighted by atomic mass is 10.2. The predicted molar refractivity (Wildman–Crippen MR) is 74.0 cm³/mol. The predicted octanol–water partition coefficient (Wildman–Crippen LogP) is 1.71. The number of hydrogen-bond donors (Lipinski definition) is 2. The number of sulfonamides is 1. The van der Waals surface area contributed by atoms with Gasteiger partial charge in [0.15, 0.2) is 0 Å². The Kier molecular flexibility index (Phi) is 5.31. The van der Waals surface area contributed by atoms with Crippen molar-refractivity contribution >= 4 is 10.0 Å². The molecule has 0 saturated heterocycles. The number of rotatable bonds is 6. The van der Waals surface area contributed by atoms with Crippen LogP contribution in [-0.2, 0) is 10.0 Å². The van der Waals surface area contributed by atoms with Crippen molar-refractivity contribution in [1.29, 1.82) is 0 Å². The minimum absolute atomic E-state index is 0.129. The van der Waals surface area contributed by atoms with E-state index in [0.717, 1.165) is 24.0 Å². The van der Waals surface area contributed by atoms with Gasteiger partial charge in [-0.1, -0.05) is 31.0 Å². The fourth-order valence-corrected chi connectivity index (χ4v) is 3.19. The van der Waals surface area contributed by atoms with Crippen molar-refractivity contribution in [2.75, 3.05) is 6.54 Å². The summed E-state index contributed by atoms with van der Waals surface area (Å²) in [5.74, 6) is 0. The zero-order valence-corrected chi connectivity index (χ0v) is 12.0. The molecule has 0 heterocycles. The second kappa shape index (κ2) is 6.31. The molecule has 18 heavy (non-hydrogen) atoms. The molecule has 0 aliphatic heterocycles. The highest BCUT2D eigenvalue weighted by molar-refractivity contribution is 7.89. The molecular formula is C13H22N2O2S. The Morgan fingerprint density at radius 1 is 1.33 bits per heavy atom. The molecule has 0 amide bonds. The maximum Gasteiger partial charge on any atom is 0.240 e. The summed E-state index contributed by atoms with van der Waals surface area (Å²) in [5.41, 5.74) is 7.61. The van der Waals surface area contributed by atoms with Gasteiger partial charge in [-0.3, -0.25) is 0 Å². The smallest absolute Gasteiger partial charge is 0.240 e. The van der Waals surface area contributed by atoms with Crippen LogP contribution in [0.5, 0.6) is 0 Å². The van der Waals surface area contributed by atoms with Crippen LogP contribution in [0.2, 0.25) is 0 Å². The van der Waals surface area contributed by atoms with Crippen LogP contribution < -0.4 is 10.5 Å². The molecule has 0 radical (unpaired) electrons. The number of aryl methyl sites for hydroxylation is 2. The highest BCUT2D eigenvalue weighted by atomic mass is 32.2. The molecule has 0 aliphatic rings. The second-order valence-corrected chi connectivity index (χ2v) is 6.40. The second-order valence-electron chi connectivity index (χ2n) is 4.67. The standard InChI is InChI=1S/C13H22N2O2S/c1-4-5-12(14)9-15-18(16,17)13-7-6-10(2)8-11(13)3/h6-8,12,15H,4-5,9,14H2,1-3H3. The molecule has 1 rings (SSSR count). The molecule has 1 aromatic carbocycles. The lowest BCUT2D eigenvalue weighted by Gasteiger charge is -2.13. The van der Waals surface area contributed by atoms with Gasteiger partial charge < -0.3 is 5.73 Å². The van der Waals surface area contributed by atoms with Crippen LogP contribution in [0.25, 0.3) is 0 Å². The molecule has 3 N–H and O–H groups in total. The van der Waals surface area contributed by atoms with Gasteiger partial charge in [-0.05, 0) is 31.9 Å². The quantitative estimate of drug-likeness (QED) is 0.826. The Hall–Kier alpha value is -0.910. The van der Waals surface area contributed by atoms with E-state index in [2.05, 4.69) is 4.72 Å². The fourth-order valence-electron chi connectivity index (χ4n) is 1.87. The largest absolute Gasteiger partial charge is 0.327 e. The molecule has 0 spiro atoms. The van der Waals surface area contributed by atoms with Gasteiger partial charge >= 0.3 is 0 Å². The van der Waals surface area contributed by atoms with E-state index in [1.807, 2.05) is 19.9 Å². The van der Waals surface area contributed by atoms with Crippen molar-refractivity contribution in [3.63, 3.8) is 0 Å². The Morgan fingerprint density at radius 2 is 2.00 bits per heavy atom. The molecule has 5 heteroatoms. The Bertz CT molecular complexity index is 498. The summed E-state index contributed by atoms with van der Waals surface area (Å²) in [6, 6.07) is 5.17. The van der Waals surface area contributed by atoms with Crippen LogP contribution in [0.4, 0.5) is 0 Å². The average molecular weight is 270 g/mol. The zero-order valence-electron chi connectivity index (χ0n) is 11.2. The lowest BCUT2D eigenvalue weighted by Crippen LogP contribution is -2.37. The molecule has 0 aromatic heterocycles. The van der Waals surface area contributed by atoms with E-state index in [1.54, 1.807) is 19.1 Å². The number of nitrogens with one attached hydrogen (secondary N) is 1. The first kappa shape index (κ1) is 15.1. The van der Waals surface area contributed by atoms with E-state index in [-0.39, 0.29) is 12.6 Å².